The molecule has 3 amide bonds. The maximum Gasteiger partial charge on any atom is 0.308 e. The highest BCUT2D eigenvalue weighted by Crippen LogP contribution is 2.35. The second kappa shape index (κ2) is 8.34. The van der Waals surface area contributed by atoms with Crippen LogP contribution in [0.4, 0.5) is 5.69 Å². The number of ether oxygens (including phenoxy) is 1. The smallest absolute Gasteiger partial charge is 0.308 e. The Morgan fingerprint density at radius 3 is 2.26 bits per heavy atom. The summed E-state index contributed by atoms with van der Waals surface area (Å²) in [7, 11) is 0. The van der Waals surface area contributed by atoms with Crippen molar-refractivity contribution in [1.29, 1.82) is 0 Å². The van der Waals surface area contributed by atoms with Gasteiger partial charge in [-0.2, -0.15) is 0 Å². The molecule has 2 aromatic rings. The average Bonchev–Trinajstić information content (AvgIpc) is 3.53. The molecule has 2 aliphatic rings. The lowest BCUT2D eigenvalue weighted by Crippen LogP contribution is -2.45. The summed E-state index contributed by atoms with van der Waals surface area (Å²) in [5.41, 5.74) is 2.42. The summed E-state index contributed by atoms with van der Waals surface area (Å²) >= 11 is 0. The normalized spacial score (nSPS) is 18.3. The van der Waals surface area contributed by atoms with Crippen LogP contribution in [-0.2, 0) is 25.7 Å². The fourth-order valence-corrected chi connectivity index (χ4v) is 3.76. The lowest BCUT2D eigenvalue weighted by atomic mass is 10.1. The predicted molar refractivity (Wildman–Crippen MR) is 113 cm³/mol. The zero-order chi connectivity index (χ0) is 22.1. The van der Waals surface area contributed by atoms with Gasteiger partial charge in [0.05, 0.1) is 12.1 Å². The van der Waals surface area contributed by atoms with E-state index in [1.54, 1.807) is 17.0 Å². The Morgan fingerprint density at radius 1 is 1.03 bits per heavy atom. The van der Waals surface area contributed by atoms with Crippen molar-refractivity contribution in [1.82, 2.24) is 4.90 Å². The Morgan fingerprint density at radius 2 is 1.68 bits per heavy atom. The fourth-order valence-electron chi connectivity index (χ4n) is 3.76. The van der Waals surface area contributed by atoms with Gasteiger partial charge >= 0.3 is 5.97 Å². The third-order valence-electron chi connectivity index (χ3n) is 5.54. The quantitative estimate of drug-likeness (QED) is 0.408. The summed E-state index contributed by atoms with van der Waals surface area (Å²) in [5, 5.41) is 0. The summed E-state index contributed by atoms with van der Waals surface area (Å²) < 4.78 is 5.00. The van der Waals surface area contributed by atoms with Crippen molar-refractivity contribution in [3.05, 3.63) is 59.7 Å². The van der Waals surface area contributed by atoms with Crippen LogP contribution in [-0.4, -0.2) is 34.6 Å². The van der Waals surface area contributed by atoms with Crippen LogP contribution in [0.25, 0.3) is 0 Å². The Labute approximate surface area is 180 Å². The fraction of sp³-hybridized carbons (Fsp3) is 0.333. The van der Waals surface area contributed by atoms with Crippen molar-refractivity contribution in [3.63, 3.8) is 0 Å². The molecule has 4 rings (SSSR count). The minimum absolute atomic E-state index is 0.0468. The van der Waals surface area contributed by atoms with Gasteiger partial charge in [0.15, 0.2) is 0 Å². The highest BCUT2D eigenvalue weighted by atomic mass is 16.5. The van der Waals surface area contributed by atoms with Crippen LogP contribution in [0.3, 0.4) is 0 Å². The number of aryl methyl sites for hydroxylation is 1. The zero-order valence-electron chi connectivity index (χ0n) is 17.5. The van der Waals surface area contributed by atoms with Crippen molar-refractivity contribution < 1.29 is 23.9 Å². The Hall–Kier alpha value is -3.48. The van der Waals surface area contributed by atoms with Crippen molar-refractivity contribution in [2.24, 2.45) is 5.92 Å². The molecule has 1 aliphatic carbocycles. The van der Waals surface area contributed by atoms with E-state index in [9.17, 15) is 19.2 Å². The Bertz CT molecular complexity index is 1020. The van der Waals surface area contributed by atoms with Crippen molar-refractivity contribution in [3.8, 4) is 5.75 Å². The number of imide groups is 1. The van der Waals surface area contributed by atoms with Gasteiger partial charge in [-0.25, -0.2) is 4.90 Å². The van der Waals surface area contributed by atoms with E-state index in [1.165, 1.54) is 19.1 Å². The number of carbonyl (C=O) groups excluding carboxylic acids is 4. The third-order valence-corrected chi connectivity index (χ3v) is 5.54. The lowest BCUT2D eigenvalue weighted by Gasteiger charge is -2.28. The molecule has 1 atom stereocenters. The van der Waals surface area contributed by atoms with E-state index in [0.29, 0.717) is 18.0 Å². The molecule has 0 radical (unpaired) electrons. The number of esters is 1. The number of anilines is 1. The first-order valence-electron chi connectivity index (χ1n) is 10.3. The molecule has 1 saturated heterocycles. The summed E-state index contributed by atoms with van der Waals surface area (Å²) in [6.45, 7) is 3.57. The number of hydrogen-bond acceptors (Lipinski definition) is 5. The molecule has 1 saturated carbocycles. The van der Waals surface area contributed by atoms with Gasteiger partial charge < -0.3 is 9.64 Å². The standard InChI is InChI=1S/C24H24N2O5/c1-15-3-5-17(6-4-15)14-25(23(29)18-7-8-18)21-13-22(28)26(24(21)30)19-9-11-20(12-10-19)31-16(2)27/h3-6,9-12,18,21H,7-8,13-14H2,1-2H3. The van der Waals surface area contributed by atoms with Crippen LogP contribution < -0.4 is 9.64 Å². The van der Waals surface area contributed by atoms with E-state index in [-0.39, 0.29) is 24.2 Å². The second-order valence-electron chi connectivity index (χ2n) is 8.10. The van der Waals surface area contributed by atoms with Crippen LogP contribution >= 0.6 is 0 Å². The highest BCUT2D eigenvalue weighted by molar-refractivity contribution is 6.23. The molecule has 2 aromatic carbocycles. The van der Waals surface area contributed by atoms with Crippen molar-refractivity contribution in [2.45, 2.75) is 45.7 Å². The van der Waals surface area contributed by atoms with Crippen LogP contribution in [0.2, 0.25) is 0 Å². The molecule has 0 bridgehead atoms. The van der Waals surface area contributed by atoms with Gasteiger partial charge in [0, 0.05) is 19.4 Å². The lowest BCUT2D eigenvalue weighted by molar-refractivity contribution is -0.140. The molecule has 0 spiro atoms. The molecule has 2 fully saturated rings. The molecule has 0 aromatic heterocycles. The van der Waals surface area contributed by atoms with Gasteiger partial charge in [0.1, 0.15) is 11.8 Å². The monoisotopic (exact) mass is 420 g/mol. The summed E-state index contributed by atoms with van der Waals surface area (Å²) in [6, 6.07) is 13.2. The van der Waals surface area contributed by atoms with Crippen LogP contribution in [0.15, 0.2) is 48.5 Å². The van der Waals surface area contributed by atoms with Crippen LogP contribution in [0.5, 0.6) is 5.75 Å². The molecule has 0 N–H and O–H groups in total. The number of rotatable bonds is 6. The Balaban J connectivity index is 1.57. The Kier molecular flexibility index (Phi) is 5.59. The van der Waals surface area contributed by atoms with E-state index < -0.39 is 17.9 Å². The molecule has 31 heavy (non-hydrogen) atoms. The molecule has 7 heteroatoms. The average molecular weight is 420 g/mol. The van der Waals surface area contributed by atoms with Gasteiger partial charge in [-0.3, -0.25) is 19.2 Å². The molecule has 1 heterocycles. The number of hydrogen-bond donors (Lipinski definition) is 0. The SMILES string of the molecule is CC(=O)Oc1ccc(N2C(=O)CC(N(Cc3ccc(C)cc3)C(=O)C3CC3)C2=O)cc1. The van der Waals surface area contributed by atoms with Gasteiger partial charge in [-0.15, -0.1) is 0 Å². The maximum atomic E-state index is 13.2. The van der Waals surface area contributed by atoms with Crippen LogP contribution in [0.1, 0.15) is 37.3 Å². The molecule has 1 aliphatic heterocycles. The largest absolute Gasteiger partial charge is 0.427 e. The first-order valence-corrected chi connectivity index (χ1v) is 10.3. The van der Waals surface area contributed by atoms with E-state index in [2.05, 4.69) is 0 Å². The molecule has 1 unspecified atom stereocenters. The number of carbonyl (C=O) groups is 4. The van der Waals surface area contributed by atoms with E-state index in [1.807, 2.05) is 31.2 Å². The molecular formula is C24H24N2O5. The van der Waals surface area contributed by atoms with Gasteiger partial charge in [-0.05, 0) is 49.6 Å². The minimum atomic E-state index is -0.824. The second-order valence-corrected chi connectivity index (χ2v) is 8.10. The summed E-state index contributed by atoms with van der Waals surface area (Å²) in [6.07, 6.45) is 1.59. The summed E-state index contributed by atoms with van der Waals surface area (Å²) in [5.74, 6) is -1.02. The van der Waals surface area contributed by atoms with E-state index in [0.717, 1.165) is 28.9 Å². The highest BCUT2D eigenvalue weighted by Gasteiger charge is 2.46. The number of amides is 3. The first-order chi connectivity index (χ1) is 14.8. The minimum Gasteiger partial charge on any atom is -0.427 e. The van der Waals surface area contributed by atoms with Gasteiger partial charge in [0.25, 0.3) is 5.91 Å². The van der Waals surface area contributed by atoms with Gasteiger partial charge in [-0.1, -0.05) is 29.8 Å². The topological polar surface area (TPSA) is 84.0 Å². The molecule has 7 nitrogen and oxygen atoms in total. The third kappa shape index (κ3) is 4.50. The van der Waals surface area contributed by atoms with Crippen molar-refractivity contribution >= 4 is 29.4 Å². The summed E-state index contributed by atoms with van der Waals surface area (Å²) in [4.78, 5) is 52.8. The van der Waals surface area contributed by atoms with Gasteiger partial charge in [0.2, 0.25) is 11.8 Å². The van der Waals surface area contributed by atoms with E-state index in [4.69, 9.17) is 4.74 Å². The molecular weight excluding hydrogens is 396 g/mol. The number of nitrogens with zero attached hydrogens (tertiary/aromatic N) is 2. The maximum absolute atomic E-state index is 13.2. The zero-order valence-corrected chi connectivity index (χ0v) is 17.5. The predicted octanol–water partition coefficient (Wildman–Crippen LogP) is 2.99. The van der Waals surface area contributed by atoms with Crippen molar-refractivity contribution in [2.75, 3.05) is 4.90 Å². The number of benzene rings is 2. The first kappa shape index (κ1) is 20.8. The van der Waals surface area contributed by atoms with E-state index >= 15 is 0 Å². The molecule has 160 valence electrons. The van der Waals surface area contributed by atoms with Crippen LogP contribution in [0, 0.1) is 12.8 Å².